The fourth-order valence-electron chi connectivity index (χ4n) is 5.62. The van der Waals surface area contributed by atoms with Crippen molar-refractivity contribution in [2.24, 2.45) is 0 Å². The van der Waals surface area contributed by atoms with E-state index in [-0.39, 0.29) is 0 Å². The van der Waals surface area contributed by atoms with Crippen molar-refractivity contribution in [3.63, 3.8) is 0 Å². The Labute approximate surface area is 222 Å². The zero-order valence-corrected chi connectivity index (χ0v) is 23.4. The number of aromatic nitrogens is 2. The first-order valence-electron chi connectivity index (χ1n) is 14.3. The van der Waals surface area contributed by atoms with E-state index in [1.165, 1.54) is 98.6 Å². The molecule has 2 aromatic heterocycles. The Hall–Kier alpha value is -2.39. The number of nitrogens with zero attached hydrogens (tertiary/aromatic N) is 2. The van der Waals surface area contributed by atoms with Crippen molar-refractivity contribution in [3.05, 3.63) is 83.1 Å². The second-order valence-electron chi connectivity index (χ2n) is 10.5. The lowest BCUT2D eigenvalue weighted by molar-refractivity contribution is 0.501. The van der Waals surface area contributed by atoms with E-state index in [1.807, 2.05) is 6.20 Å². The third-order valence-corrected chi connectivity index (χ3v) is 8.61. The number of unbranched alkanes of at least 4 members (excludes halogenated alkanes) is 4. The summed E-state index contributed by atoms with van der Waals surface area (Å²) in [6.07, 6.45) is 18.2. The van der Waals surface area contributed by atoms with Crippen LogP contribution < -0.4 is 0 Å². The fraction of sp³-hybridized carbons (Fsp3) is 0.485. The lowest BCUT2D eigenvalue weighted by Gasteiger charge is -2.20. The van der Waals surface area contributed by atoms with Gasteiger partial charge in [-0.15, -0.1) is 11.3 Å². The van der Waals surface area contributed by atoms with Crippen LogP contribution in [0.1, 0.15) is 114 Å². The first-order chi connectivity index (χ1) is 17.7. The molecular formula is C33H44N2S. The molecule has 36 heavy (non-hydrogen) atoms. The highest BCUT2D eigenvalue weighted by molar-refractivity contribution is 7.15. The van der Waals surface area contributed by atoms with Gasteiger partial charge >= 0.3 is 0 Å². The van der Waals surface area contributed by atoms with Crippen molar-refractivity contribution in [2.45, 2.75) is 103 Å². The summed E-state index contributed by atoms with van der Waals surface area (Å²) in [5.74, 6) is 1.17. The minimum absolute atomic E-state index is 0.553. The SMILES string of the molecule is CCCCCCCc1ccc(-c2ccccc2C(C)CCCC(CCC)c2csc3nccn23)cc1. The standard InChI is InChI=1S/C33H44N2S/c1-4-6-7-8-9-15-27-19-21-28(22-20-27)31-18-11-10-17-30(31)26(3)14-12-16-29(13-5-2)32-25-36-33-34-23-24-35(32)33/h10-11,17-26,29H,4-9,12-16H2,1-3H3. The van der Waals surface area contributed by atoms with Crippen LogP contribution in [0.5, 0.6) is 0 Å². The number of aryl methyl sites for hydroxylation is 1. The average molecular weight is 501 g/mol. The van der Waals surface area contributed by atoms with E-state index in [2.05, 4.69) is 90.3 Å². The molecule has 4 rings (SSSR count). The molecule has 0 aliphatic carbocycles. The largest absolute Gasteiger partial charge is 0.294 e. The van der Waals surface area contributed by atoms with E-state index < -0.39 is 0 Å². The van der Waals surface area contributed by atoms with Crippen LogP contribution in [0.3, 0.4) is 0 Å². The van der Waals surface area contributed by atoms with Crippen LogP contribution in [0.15, 0.2) is 66.3 Å². The third-order valence-electron chi connectivity index (χ3n) is 7.74. The molecule has 0 spiro atoms. The molecule has 192 valence electrons. The molecule has 0 N–H and O–H groups in total. The second-order valence-corrected chi connectivity index (χ2v) is 11.3. The lowest BCUT2D eigenvalue weighted by Crippen LogP contribution is -2.04. The van der Waals surface area contributed by atoms with Crippen LogP contribution in [0.4, 0.5) is 0 Å². The second kappa shape index (κ2) is 13.8. The molecule has 0 aliphatic heterocycles. The first kappa shape index (κ1) is 26.7. The van der Waals surface area contributed by atoms with Gasteiger partial charge in [0.15, 0.2) is 4.96 Å². The Bertz CT molecular complexity index is 1170. The van der Waals surface area contributed by atoms with Gasteiger partial charge in [-0.2, -0.15) is 0 Å². The fourth-order valence-corrected chi connectivity index (χ4v) is 6.56. The van der Waals surface area contributed by atoms with Crippen LogP contribution in [0, 0.1) is 0 Å². The van der Waals surface area contributed by atoms with Crippen molar-refractivity contribution in [3.8, 4) is 11.1 Å². The molecule has 0 saturated heterocycles. The molecule has 2 atom stereocenters. The maximum absolute atomic E-state index is 4.48. The minimum atomic E-state index is 0.553. The molecule has 2 nitrogen and oxygen atoms in total. The molecule has 0 saturated carbocycles. The van der Waals surface area contributed by atoms with E-state index in [0.717, 1.165) is 4.96 Å². The maximum Gasteiger partial charge on any atom is 0.193 e. The van der Waals surface area contributed by atoms with Crippen molar-refractivity contribution in [1.82, 2.24) is 9.38 Å². The highest BCUT2D eigenvalue weighted by atomic mass is 32.1. The van der Waals surface area contributed by atoms with Gasteiger partial charge in [0.1, 0.15) is 0 Å². The third kappa shape index (κ3) is 6.88. The van der Waals surface area contributed by atoms with Crippen molar-refractivity contribution in [2.75, 3.05) is 0 Å². The molecule has 2 unspecified atom stereocenters. The van der Waals surface area contributed by atoms with E-state index >= 15 is 0 Å². The summed E-state index contributed by atoms with van der Waals surface area (Å²) in [5, 5.41) is 2.33. The van der Waals surface area contributed by atoms with E-state index in [1.54, 1.807) is 11.3 Å². The molecule has 2 heterocycles. The number of benzene rings is 2. The van der Waals surface area contributed by atoms with Crippen LogP contribution in [0.25, 0.3) is 16.1 Å². The molecule has 0 fully saturated rings. The first-order valence-corrected chi connectivity index (χ1v) is 15.2. The summed E-state index contributed by atoms with van der Waals surface area (Å²) >= 11 is 1.77. The van der Waals surface area contributed by atoms with Gasteiger partial charge in [-0.3, -0.25) is 4.40 Å². The molecule has 0 amide bonds. The van der Waals surface area contributed by atoms with E-state index in [0.29, 0.717) is 11.8 Å². The van der Waals surface area contributed by atoms with Crippen LogP contribution in [-0.2, 0) is 6.42 Å². The number of thiazole rings is 1. The van der Waals surface area contributed by atoms with Gasteiger partial charge in [-0.1, -0.05) is 108 Å². The molecule has 0 bridgehead atoms. The summed E-state index contributed by atoms with van der Waals surface area (Å²) in [6.45, 7) is 7.00. The highest BCUT2D eigenvalue weighted by Gasteiger charge is 2.18. The molecule has 0 radical (unpaired) electrons. The number of hydrogen-bond donors (Lipinski definition) is 0. The zero-order chi connectivity index (χ0) is 25.2. The number of imidazole rings is 1. The zero-order valence-electron chi connectivity index (χ0n) is 22.6. The number of fused-ring (bicyclic) bond motifs is 1. The van der Waals surface area contributed by atoms with Gasteiger partial charge in [0.05, 0.1) is 0 Å². The monoisotopic (exact) mass is 500 g/mol. The number of rotatable bonds is 15. The predicted octanol–water partition coefficient (Wildman–Crippen LogP) is 10.4. The van der Waals surface area contributed by atoms with Crippen molar-refractivity contribution >= 4 is 16.3 Å². The Morgan fingerprint density at radius 3 is 2.44 bits per heavy atom. The Morgan fingerprint density at radius 1 is 0.833 bits per heavy atom. The van der Waals surface area contributed by atoms with Crippen LogP contribution in [-0.4, -0.2) is 9.38 Å². The summed E-state index contributed by atoms with van der Waals surface area (Å²) < 4.78 is 2.30. The Morgan fingerprint density at radius 2 is 1.64 bits per heavy atom. The quantitative estimate of drug-likeness (QED) is 0.148. The maximum atomic E-state index is 4.48. The molecule has 0 aliphatic rings. The van der Waals surface area contributed by atoms with E-state index in [4.69, 9.17) is 0 Å². The normalized spacial score (nSPS) is 13.3. The van der Waals surface area contributed by atoms with Gasteiger partial charge < -0.3 is 0 Å². The van der Waals surface area contributed by atoms with Gasteiger partial charge in [-0.25, -0.2) is 4.98 Å². The predicted molar refractivity (Wildman–Crippen MR) is 157 cm³/mol. The molecule has 3 heteroatoms. The van der Waals surface area contributed by atoms with Gasteiger partial charge in [0, 0.05) is 29.4 Å². The Kier molecular flexibility index (Phi) is 10.2. The number of hydrogen-bond acceptors (Lipinski definition) is 2. The average Bonchev–Trinajstić information content (AvgIpc) is 3.53. The van der Waals surface area contributed by atoms with Crippen molar-refractivity contribution in [1.29, 1.82) is 0 Å². The topological polar surface area (TPSA) is 17.3 Å². The molecular weight excluding hydrogens is 456 g/mol. The summed E-state index contributed by atoms with van der Waals surface area (Å²) in [5.41, 5.74) is 7.18. The smallest absolute Gasteiger partial charge is 0.193 e. The van der Waals surface area contributed by atoms with Gasteiger partial charge in [-0.05, 0) is 60.3 Å². The highest BCUT2D eigenvalue weighted by Crippen LogP contribution is 2.35. The van der Waals surface area contributed by atoms with Crippen LogP contribution >= 0.6 is 11.3 Å². The molecule has 4 aromatic rings. The van der Waals surface area contributed by atoms with Crippen molar-refractivity contribution < 1.29 is 0 Å². The summed E-state index contributed by atoms with van der Waals surface area (Å²) in [6, 6.07) is 18.5. The van der Waals surface area contributed by atoms with E-state index in [9.17, 15) is 0 Å². The van der Waals surface area contributed by atoms with Gasteiger partial charge in [0.2, 0.25) is 0 Å². The summed E-state index contributed by atoms with van der Waals surface area (Å²) in [7, 11) is 0. The minimum Gasteiger partial charge on any atom is -0.294 e. The Balaban J connectivity index is 1.36. The molecule has 2 aromatic carbocycles. The lowest BCUT2D eigenvalue weighted by atomic mass is 9.86. The van der Waals surface area contributed by atoms with Gasteiger partial charge in [0.25, 0.3) is 0 Å². The van der Waals surface area contributed by atoms with Crippen LogP contribution in [0.2, 0.25) is 0 Å². The summed E-state index contributed by atoms with van der Waals surface area (Å²) in [4.78, 5) is 5.60.